The highest BCUT2D eigenvalue weighted by Gasteiger charge is 2.22. The number of benzene rings is 1. The molecule has 3 aromatic rings. The maximum atomic E-state index is 12.2. The first-order valence-corrected chi connectivity index (χ1v) is 9.03. The Bertz CT molecular complexity index is 972. The molecule has 4 rings (SSSR count). The van der Waals surface area contributed by atoms with Crippen molar-refractivity contribution in [3.05, 3.63) is 55.6 Å². The second-order valence-electron chi connectivity index (χ2n) is 5.94. The van der Waals surface area contributed by atoms with Gasteiger partial charge in [0.25, 0.3) is 0 Å². The van der Waals surface area contributed by atoms with Crippen molar-refractivity contribution in [2.24, 2.45) is 0 Å². The van der Waals surface area contributed by atoms with Crippen LogP contribution in [0.25, 0.3) is 11.0 Å². The van der Waals surface area contributed by atoms with Crippen molar-refractivity contribution in [3.63, 3.8) is 0 Å². The fourth-order valence-electron chi connectivity index (χ4n) is 3.11. The van der Waals surface area contributed by atoms with Crippen LogP contribution in [0.5, 0.6) is 0 Å². The second kappa shape index (κ2) is 6.11. The molecular formula is C17H16ClN3O2S. The molecule has 1 aromatic carbocycles. The number of amides is 1. The fourth-order valence-corrected chi connectivity index (χ4v) is 4.54. The van der Waals surface area contributed by atoms with E-state index >= 15 is 0 Å². The molecule has 0 saturated carbocycles. The van der Waals surface area contributed by atoms with Gasteiger partial charge < -0.3 is 9.88 Å². The van der Waals surface area contributed by atoms with Crippen molar-refractivity contribution in [2.45, 2.75) is 25.9 Å². The normalized spacial score (nSPS) is 14.9. The molecule has 0 radical (unpaired) electrons. The number of carbonyl (C=O) groups excluding carboxylic acids is 1. The van der Waals surface area contributed by atoms with E-state index in [0.717, 1.165) is 33.8 Å². The van der Waals surface area contributed by atoms with Gasteiger partial charge in [0.05, 0.1) is 29.1 Å². The largest absolute Gasteiger partial charge is 0.337 e. The van der Waals surface area contributed by atoms with E-state index in [4.69, 9.17) is 11.6 Å². The van der Waals surface area contributed by atoms with Crippen LogP contribution < -0.4 is 5.69 Å². The number of hydrogen-bond acceptors (Lipinski definition) is 3. The number of hydrogen-bond donors (Lipinski definition) is 1. The molecular weight excluding hydrogens is 346 g/mol. The van der Waals surface area contributed by atoms with Crippen LogP contribution in [-0.2, 0) is 17.9 Å². The number of nitrogens with one attached hydrogen (secondary N) is 1. The van der Waals surface area contributed by atoms with Gasteiger partial charge in [-0.2, -0.15) is 0 Å². The standard InChI is InChI=1S/C17H16ClN3O2S/c18-12-8-11(24-15(12)10-20-7-3-6-16(20)22)9-21-14-5-2-1-4-13(14)19-17(21)23/h1-2,4-5,8H,3,6-7,9-10H2,(H,19,23). The number of aromatic amines is 1. The van der Waals surface area contributed by atoms with Crippen molar-refractivity contribution in [3.8, 4) is 0 Å². The number of thiophene rings is 1. The average molecular weight is 362 g/mol. The lowest BCUT2D eigenvalue weighted by Gasteiger charge is -2.14. The summed E-state index contributed by atoms with van der Waals surface area (Å²) in [6, 6.07) is 9.52. The third-order valence-electron chi connectivity index (χ3n) is 4.31. The highest BCUT2D eigenvalue weighted by atomic mass is 35.5. The number of H-pyrrole nitrogens is 1. The molecule has 1 saturated heterocycles. The van der Waals surface area contributed by atoms with Crippen molar-refractivity contribution >= 4 is 39.9 Å². The highest BCUT2D eigenvalue weighted by molar-refractivity contribution is 7.12. The van der Waals surface area contributed by atoms with Gasteiger partial charge >= 0.3 is 5.69 Å². The van der Waals surface area contributed by atoms with E-state index in [2.05, 4.69) is 4.98 Å². The zero-order chi connectivity index (χ0) is 16.7. The van der Waals surface area contributed by atoms with Gasteiger partial charge in [-0.3, -0.25) is 9.36 Å². The van der Waals surface area contributed by atoms with E-state index in [-0.39, 0.29) is 11.6 Å². The van der Waals surface area contributed by atoms with Gasteiger partial charge in [-0.15, -0.1) is 11.3 Å². The van der Waals surface area contributed by atoms with Gasteiger partial charge in [-0.25, -0.2) is 4.79 Å². The Morgan fingerprint density at radius 3 is 2.83 bits per heavy atom. The molecule has 1 fully saturated rings. The van der Waals surface area contributed by atoms with Crippen LogP contribution in [0.1, 0.15) is 22.6 Å². The predicted octanol–water partition coefficient (Wildman–Crippen LogP) is 3.22. The minimum Gasteiger partial charge on any atom is -0.337 e. The summed E-state index contributed by atoms with van der Waals surface area (Å²) < 4.78 is 1.71. The van der Waals surface area contributed by atoms with Crippen molar-refractivity contribution in [2.75, 3.05) is 6.54 Å². The molecule has 1 aliphatic heterocycles. The number of aromatic nitrogens is 2. The molecule has 2 aromatic heterocycles. The summed E-state index contributed by atoms with van der Waals surface area (Å²) in [6.45, 7) is 1.83. The number of imidazole rings is 1. The first kappa shape index (κ1) is 15.5. The Morgan fingerprint density at radius 1 is 1.21 bits per heavy atom. The molecule has 0 aliphatic carbocycles. The van der Waals surface area contributed by atoms with Crippen LogP contribution in [0.4, 0.5) is 0 Å². The van der Waals surface area contributed by atoms with Crippen molar-refractivity contribution in [1.82, 2.24) is 14.5 Å². The van der Waals surface area contributed by atoms with Gasteiger partial charge in [-0.05, 0) is 24.6 Å². The number of likely N-dealkylation sites (tertiary alicyclic amines) is 1. The third-order valence-corrected chi connectivity index (χ3v) is 5.86. The highest BCUT2D eigenvalue weighted by Crippen LogP contribution is 2.30. The zero-order valence-corrected chi connectivity index (χ0v) is 14.5. The lowest BCUT2D eigenvalue weighted by Crippen LogP contribution is -2.23. The molecule has 1 aliphatic rings. The number of halogens is 1. The van der Waals surface area contributed by atoms with Crippen LogP contribution in [0.2, 0.25) is 5.02 Å². The predicted molar refractivity (Wildman–Crippen MR) is 95.6 cm³/mol. The first-order valence-electron chi connectivity index (χ1n) is 7.84. The van der Waals surface area contributed by atoms with Gasteiger partial charge in [0, 0.05) is 22.7 Å². The fraction of sp³-hybridized carbons (Fsp3) is 0.294. The minimum absolute atomic E-state index is 0.128. The Balaban J connectivity index is 1.61. The molecule has 24 heavy (non-hydrogen) atoms. The number of fused-ring (bicyclic) bond motifs is 1. The van der Waals surface area contributed by atoms with Crippen LogP contribution in [-0.4, -0.2) is 26.9 Å². The van der Waals surface area contributed by atoms with Crippen LogP contribution in [0.3, 0.4) is 0 Å². The molecule has 7 heteroatoms. The molecule has 0 atom stereocenters. The number of carbonyl (C=O) groups is 1. The minimum atomic E-state index is -0.128. The summed E-state index contributed by atoms with van der Waals surface area (Å²) in [7, 11) is 0. The Kier molecular flexibility index (Phi) is 3.94. The SMILES string of the molecule is O=C1CCCN1Cc1sc(Cn2c(=O)[nH]c3ccccc32)cc1Cl. The van der Waals surface area contributed by atoms with E-state index in [1.54, 1.807) is 15.9 Å². The molecule has 0 spiro atoms. The number of rotatable bonds is 4. The zero-order valence-electron chi connectivity index (χ0n) is 12.9. The van der Waals surface area contributed by atoms with Crippen molar-refractivity contribution in [1.29, 1.82) is 0 Å². The topological polar surface area (TPSA) is 58.1 Å². The summed E-state index contributed by atoms with van der Waals surface area (Å²) in [5.41, 5.74) is 1.58. The van der Waals surface area contributed by atoms with E-state index in [1.165, 1.54) is 0 Å². The molecule has 1 amide bonds. The monoisotopic (exact) mass is 361 g/mol. The van der Waals surface area contributed by atoms with E-state index in [1.807, 2.05) is 35.2 Å². The van der Waals surface area contributed by atoms with E-state index < -0.39 is 0 Å². The Hall–Kier alpha value is -2.05. The summed E-state index contributed by atoms with van der Waals surface area (Å²) in [6.07, 6.45) is 1.54. The lowest BCUT2D eigenvalue weighted by molar-refractivity contribution is -0.128. The van der Waals surface area contributed by atoms with Gasteiger partial charge in [0.15, 0.2) is 0 Å². The average Bonchev–Trinajstić information content (AvgIpc) is 3.21. The van der Waals surface area contributed by atoms with E-state index in [9.17, 15) is 9.59 Å². The molecule has 124 valence electrons. The number of nitrogens with zero attached hydrogens (tertiary/aromatic N) is 2. The molecule has 0 unspecified atom stereocenters. The molecule has 3 heterocycles. The molecule has 0 bridgehead atoms. The Labute approximate surface area is 147 Å². The molecule has 5 nitrogen and oxygen atoms in total. The smallest absolute Gasteiger partial charge is 0.326 e. The number of para-hydroxylation sites is 2. The lowest BCUT2D eigenvalue weighted by atomic mass is 10.3. The second-order valence-corrected chi connectivity index (χ2v) is 7.56. The Morgan fingerprint density at radius 2 is 2.04 bits per heavy atom. The van der Waals surface area contributed by atoms with E-state index in [0.29, 0.717) is 24.5 Å². The summed E-state index contributed by atoms with van der Waals surface area (Å²) in [5.74, 6) is 0.189. The maximum Gasteiger partial charge on any atom is 0.326 e. The summed E-state index contributed by atoms with van der Waals surface area (Å²) >= 11 is 7.91. The van der Waals surface area contributed by atoms with Crippen LogP contribution in [0, 0.1) is 0 Å². The van der Waals surface area contributed by atoms with Crippen LogP contribution >= 0.6 is 22.9 Å². The van der Waals surface area contributed by atoms with Crippen LogP contribution in [0.15, 0.2) is 35.1 Å². The summed E-state index contributed by atoms with van der Waals surface area (Å²) in [4.78, 5) is 30.7. The van der Waals surface area contributed by atoms with Crippen molar-refractivity contribution < 1.29 is 4.79 Å². The van der Waals surface area contributed by atoms with Gasteiger partial charge in [0.2, 0.25) is 5.91 Å². The van der Waals surface area contributed by atoms with Gasteiger partial charge in [-0.1, -0.05) is 23.7 Å². The first-order chi connectivity index (χ1) is 11.6. The maximum absolute atomic E-state index is 12.2. The third kappa shape index (κ3) is 2.76. The molecule has 1 N–H and O–H groups in total. The quantitative estimate of drug-likeness (QED) is 0.775. The summed E-state index contributed by atoms with van der Waals surface area (Å²) in [5, 5.41) is 0.669. The van der Waals surface area contributed by atoms with Gasteiger partial charge in [0.1, 0.15) is 0 Å².